The first-order chi connectivity index (χ1) is 10.1. The standard InChI is InChI=1S/C17H24FN3/c1-4-11-21-16(9-10-20-21)12-19-17(13(2)3)14-5-7-15(18)8-6-14/h5-10,13,17,19H,4,11-12H2,1-3H3. The maximum atomic E-state index is 13.1. The molecule has 114 valence electrons. The Kier molecular flexibility index (Phi) is 5.51. The lowest BCUT2D eigenvalue weighted by molar-refractivity contribution is 0.400. The summed E-state index contributed by atoms with van der Waals surface area (Å²) in [5.74, 6) is 0.236. The average Bonchev–Trinajstić information content (AvgIpc) is 2.89. The third-order valence-corrected chi connectivity index (χ3v) is 3.64. The molecule has 2 aromatic rings. The highest BCUT2D eigenvalue weighted by Crippen LogP contribution is 2.22. The van der Waals surface area contributed by atoms with Gasteiger partial charge in [0, 0.05) is 25.3 Å². The van der Waals surface area contributed by atoms with Gasteiger partial charge >= 0.3 is 0 Å². The van der Waals surface area contributed by atoms with Crippen molar-refractivity contribution < 1.29 is 4.39 Å². The molecule has 1 aromatic heterocycles. The molecule has 0 aliphatic heterocycles. The Morgan fingerprint density at radius 3 is 2.52 bits per heavy atom. The first-order valence-corrected chi connectivity index (χ1v) is 7.61. The molecule has 0 bridgehead atoms. The molecular formula is C17H24FN3. The first kappa shape index (κ1) is 15.7. The monoisotopic (exact) mass is 289 g/mol. The summed E-state index contributed by atoms with van der Waals surface area (Å²) in [5.41, 5.74) is 2.30. The maximum absolute atomic E-state index is 13.1. The van der Waals surface area contributed by atoms with Crippen molar-refractivity contribution >= 4 is 0 Å². The van der Waals surface area contributed by atoms with Crippen LogP contribution in [0.15, 0.2) is 36.5 Å². The van der Waals surface area contributed by atoms with Gasteiger partial charge in [0.2, 0.25) is 0 Å². The molecular weight excluding hydrogens is 265 g/mol. The fraction of sp³-hybridized carbons (Fsp3) is 0.471. The average molecular weight is 289 g/mol. The molecule has 0 aliphatic rings. The molecule has 0 saturated carbocycles. The lowest BCUT2D eigenvalue weighted by Crippen LogP contribution is -2.26. The van der Waals surface area contributed by atoms with Gasteiger partial charge < -0.3 is 5.32 Å². The highest BCUT2D eigenvalue weighted by atomic mass is 19.1. The number of rotatable bonds is 7. The minimum absolute atomic E-state index is 0.192. The number of nitrogens with zero attached hydrogens (tertiary/aromatic N) is 2. The van der Waals surface area contributed by atoms with E-state index in [4.69, 9.17) is 0 Å². The van der Waals surface area contributed by atoms with Crippen LogP contribution in [0.3, 0.4) is 0 Å². The Morgan fingerprint density at radius 1 is 1.19 bits per heavy atom. The lowest BCUT2D eigenvalue weighted by atomic mass is 9.96. The van der Waals surface area contributed by atoms with Gasteiger partial charge in [0.1, 0.15) is 5.82 Å². The molecule has 1 heterocycles. The summed E-state index contributed by atoms with van der Waals surface area (Å²) >= 11 is 0. The molecule has 0 saturated heterocycles. The Labute approximate surface area is 126 Å². The van der Waals surface area contributed by atoms with Gasteiger partial charge in [-0.25, -0.2) is 4.39 Å². The number of aromatic nitrogens is 2. The van der Waals surface area contributed by atoms with Gasteiger partial charge in [0.25, 0.3) is 0 Å². The van der Waals surface area contributed by atoms with E-state index in [9.17, 15) is 4.39 Å². The molecule has 1 unspecified atom stereocenters. The quantitative estimate of drug-likeness (QED) is 0.837. The number of aryl methyl sites for hydroxylation is 1. The zero-order chi connectivity index (χ0) is 15.2. The topological polar surface area (TPSA) is 29.9 Å². The van der Waals surface area contributed by atoms with E-state index in [-0.39, 0.29) is 11.9 Å². The molecule has 1 aromatic carbocycles. The lowest BCUT2D eigenvalue weighted by Gasteiger charge is -2.23. The van der Waals surface area contributed by atoms with Crippen molar-refractivity contribution in [3.05, 3.63) is 53.6 Å². The van der Waals surface area contributed by atoms with E-state index in [1.54, 1.807) is 0 Å². The normalized spacial score (nSPS) is 12.8. The second-order valence-electron chi connectivity index (χ2n) is 5.70. The summed E-state index contributed by atoms with van der Waals surface area (Å²) in [6.07, 6.45) is 2.91. The Morgan fingerprint density at radius 2 is 1.90 bits per heavy atom. The third kappa shape index (κ3) is 4.14. The van der Waals surface area contributed by atoms with Crippen LogP contribution in [0.1, 0.15) is 44.5 Å². The number of halogens is 1. The van der Waals surface area contributed by atoms with Crippen LogP contribution in [0.5, 0.6) is 0 Å². The van der Waals surface area contributed by atoms with Gasteiger partial charge in [-0.05, 0) is 36.1 Å². The van der Waals surface area contributed by atoms with Crippen LogP contribution >= 0.6 is 0 Å². The van der Waals surface area contributed by atoms with Crippen LogP contribution in [-0.4, -0.2) is 9.78 Å². The maximum Gasteiger partial charge on any atom is 0.123 e. The predicted molar refractivity (Wildman–Crippen MR) is 83.3 cm³/mol. The van der Waals surface area contributed by atoms with Crippen LogP contribution in [0.4, 0.5) is 4.39 Å². The predicted octanol–water partition coefficient (Wildman–Crippen LogP) is 3.92. The van der Waals surface area contributed by atoms with Crippen molar-refractivity contribution in [3.8, 4) is 0 Å². The molecule has 0 aliphatic carbocycles. The van der Waals surface area contributed by atoms with Gasteiger partial charge in [-0.3, -0.25) is 4.68 Å². The Bertz CT molecular complexity index is 545. The summed E-state index contributed by atoms with van der Waals surface area (Å²) in [7, 11) is 0. The highest BCUT2D eigenvalue weighted by molar-refractivity contribution is 5.20. The molecule has 1 atom stereocenters. The van der Waals surface area contributed by atoms with Crippen molar-refractivity contribution in [2.75, 3.05) is 0 Å². The van der Waals surface area contributed by atoms with E-state index in [0.29, 0.717) is 5.92 Å². The Hall–Kier alpha value is -1.68. The largest absolute Gasteiger partial charge is 0.304 e. The SMILES string of the molecule is CCCn1nccc1CNC(c1ccc(F)cc1)C(C)C. The molecule has 0 spiro atoms. The van der Waals surface area contributed by atoms with Crippen LogP contribution < -0.4 is 5.32 Å². The Balaban J connectivity index is 2.06. The van der Waals surface area contributed by atoms with Crippen molar-refractivity contribution in [1.29, 1.82) is 0 Å². The molecule has 2 rings (SSSR count). The molecule has 4 heteroatoms. The van der Waals surface area contributed by atoms with Crippen LogP contribution in [-0.2, 0) is 13.1 Å². The third-order valence-electron chi connectivity index (χ3n) is 3.64. The van der Waals surface area contributed by atoms with Gasteiger partial charge in [-0.15, -0.1) is 0 Å². The van der Waals surface area contributed by atoms with E-state index < -0.39 is 0 Å². The smallest absolute Gasteiger partial charge is 0.123 e. The summed E-state index contributed by atoms with van der Waals surface area (Å²) in [4.78, 5) is 0. The second-order valence-corrected chi connectivity index (χ2v) is 5.70. The van der Waals surface area contributed by atoms with Crippen LogP contribution in [0.25, 0.3) is 0 Å². The number of benzene rings is 1. The highest BCUT2D eigenvalue weighted by Gasteiger charge is 2.16. The van der Waals surface area contributed by atoms with Gasteiger partial charge in [0.05, 0.1) is 5.69 Å². The van der Waals surface area contributed by atoms with E-state index in [1.807, 2.05) is 29.1 Å². The van der Waals surface area contributed by atoms with Gasteiger partial charge in [-0.1, -0.05) is 32.9 Å². The zero-order valence-corrected chi connectivity index (χ0v) is 13.0. The first-order valence-electron chi connectivity index (χ1n) is 7.61. The number of nitrogens with one attached hydrogen (secondary N) is 1. The molecule has 21 heavy (non-hydrogen) atoms. The summed E-state index contributed by atoms with van der Waals surface area (Å²) < 4.78 is 15.1. The van der Waals surface area contributed by atoms with E-state index in [1.165, 1.54) is 17.8 Å². The van der Waals surface area contributed by atoms with Crippen molar-refractivity contribution in [2.24, 2.45) is 5.92 Å². The minimum atomic E-state index is -0.192. The number of hydrogen-bond acceptors (Lipinski definition) is 2. The number of hydrogen-bond donors (Lipinski definition) is 1. The molecule has 0 amide bonds. The fourth-order valence-corrected chi connectivity index (χ4v) is 2.55. The van der Waals surface area contributed by atoms with E-state index in [2.05, 4.69) is 31.2 Å². The van der Waals surface area contributed by atoms with Crippen LogP contribution in [0, 0.1) is 11.7 Å². The van der Waals surface area contributed by atoms with E-state index >= 15 is 0 Å². The molecule has 0 fully saturated rings. The second kappa shape index (κ2) is 7.36. The molecule has 0 radical (unpaired) electrons. The van der Waals surface area contributed by atoms with Gasteiger partial charge in [-0.2, -0.15) is 5.10 Å². The summed E-state index contributed by atoms with van der Waals surface area (Å²) in [6, 6.07) is 9.01. The van der Waals surface area contributed by atoms with Gasteiger partial charge in [0.15, 0.2) is 0 Å². The summed E-state index contributed by atoms with van der Waals surface area (Å²) in [6.45, 7) is 8.19. The molecule has 3 nitrogen and oxygen atoms in total. The minimum Gasteiger partial charge on any atom is -0.304 e. The van der Waals surface area contributed by atoms with Crippen molar-refractivity contribution in [2.45, 2.75) is 46.3 Å². The summed E-state index contributed by atoms with van der Waals surface area (Å²) in [5, 5.41) is 7.91. The van der Waals surface area contributed by atoms with E-state index in [0.717, 1.165) is 25.1 Å². The van der Waals surface area contributed by atoms with Crippen molar-refractivity contribution in [3.63, 3.8) is 0 Å². The van der Waals surface area contributed by atoms with Crippen molar-refractivity contribution in [1.82, 2.24) is 15.1 Å². The molecule has 1 N–H and O–H groups in total. The zero-order valence-electron chi connectivity index (χ0n) is 13.0. The van der Waals surface area contributed by atoms with Crippen LogP contribution in [0.2, 0.25) is 0 Å². The fourth-order valence-electron chi connectivity index (χ4n) is 2.55.